The van der Waals surface area contributed by atoms with Crippen molar-refractivity contribution in [3.05, 3.63) is 41.3 Å². The molecule has 1 amide bonds. The monoisotopic (exact) mass is 370 g/mol. The molecule has 7 heteroatoms. The van der Waals surface area contributed by atoms with Crippen molar-refractivity contribution in [2.24, 2.45) is 5.73 Å². The first-order chi connectivity index (χ1) is 12.8. The van der Waals surface area contributed by atoms with Crippen molar-refractivity contribution in [1.29, 1.82) is 0 Å². The van der Waals surface area contributed by atoms with E-state index in [1.165, 1.54) is 24.9 Å². The Morgan fingerprint density at radius 3 is 2.07 bits per heavy atom. The highest BCUT2D eigenvalue weighted by Crippen LogP contribution is 2.26. The number of aromatic nitrogens is 2. The molecule has 1 saturated heterocycles. The molecule has 1 aromatic carbocycles. The average molecular weight is 370 g/mol. The van der Waals surface area contributed by atoms with Gasteiger partial charge in [-0.3, -0.25) is 14.6 Å². The van der Waals surface area contributed by atoms with Crippen molar-refractivity contribution >= 4 is 17.6 Å². The van der Waals surface area contributed by atoms with Crippen molar-refractivity contribution in [2.45, 2.75) is 40.0 Å². The van der Waals surface area contributed by atoms with Crippen LogP contribution in [0, 0.1) is 13.8 Å². The number of piperidine rings is 1. The molecule has 3 N–H and O–H groups in total. The molecule has 0 atom stereocenters. The number of hydrogen-bond donors (Lipinski definition) is 2. The molecule has 2 heterocycles. The average Bonchev–Trinajstić information content (AvgIpc) is 2.62. The number of carboxylic acids is 1. The second-order valence-electron chi connectivity index (χ2n) is 6.57. The van der Waals surface area contributed by atoms with Crippen LogP contribution in [-0.2, 0) is 4.79 Å². The van der Waals surface area contributed by atoms with E-state index in [-0.39, 0.29) is 5.69 Å². The lowest BCUT2D eigenvalue weighted by atomic mass is 10.1. The lowest BCUT2D eigenvalue weighted by Gasteiger charge is -2.28. The van der Waals surface area contributed by atoms with Gasteiger partial charge < -0.3 is 15.7 Å². The lowest BCUT2D eigenvalue weighted by molar-refractivity contribution is -0.134. The van der Waals surface area contributed by atoms with Crippen molar-refractivity contribution in [1.82, 2.24) is 9.97 Å². The van der Waals surface area contributed by atoms with Crippen LogP contribution in [0.15, 0.2) is 24.3 Å². The summed E-state index contributed by atoms with van der Waals surface area (Å²) < 4.78 is 0. The molecular formula is C20H26N4O3. The predicted molar refractivity (Wildman–Crippen MR) is 105 cm³/mol. The SMILES string of the molecule is CC(=O)O.Cc1nc(C)c(-c2ccc(N3CCCCC3)cc2)nc1C(N)=O. The van der Waals surface area contributed by atoms with Gasteiger partial charge in [0.25, 0.3) is 11.9 Å². The Kier molecular flexibility index (Phi) is 6.87. The number of amides is 1. The van der Waals surface area contributed by atoms with E-state index in [1.807, 2.05) is 19.1 Å². The zero-order valence-corrected chi connectivity index (χ0v) is 16.0. The van der Waals surface area contributed by atoms with E-state index in [9.17, 15) is 4.79 Å². The largest absolute Gasteiger partial charge is 0.481 e. The van der Waals surface area contributed by atoms with E-state index in [0.29, 0.717) is 5.69 Å². The van der Waals surface area contributed by atoms with E-state index in [4.69, 9.17) is 15.6 Å². The third-order valence-electron chi connectivity index (χ3n) is 4.34. The molecule has 144 valence electrons. The zero-order valence-electron chi connectivity index (χ0n) is 16.0. The Morgan fingerprint density at radius 1 is 1.00 bits per heavy atom. The van der Waals surface area contributed by atoms with Gasteiger partial charge in [-0.15, -0.1) is 0 Å². The minimum atomic E-state index is -0.833. The highest BCUT2D eigenvalue weighted by molar-refractivity contribution is 5.92. The molecule has 0 aliphatic carbocycles. The molecule has 0 spiro atoms. The smallest absolute Gasteiger partial charge is 0.300 e. The molecule has 27 heavy (non-hydrogen) atoms. The van der Waals surface area contributed by atoms with Crippen LogP contribution in [0.5, 0.6) is 0 Å². The predicted octanol–water partition coefficient (Wildman–Crippen LogP) is 2.94. The van der Waals surface area contributed by atoms with E-state index >= 15 is 0 Å². The standard InChI is InChI=1S/C18H22N4O.C2H4O2/c1-12-16(21-17(18(19)23)13(2)20-12)14-6-8-15(9-7-14)22-10-4-3-5-11-22;1-2(3)4/h6-9H,3-5,10-11H2,1-2H3,(H2,19,23);1H3,(H,3,4). The minimum Gasteiger partial charge on any atom is -0.481 e. The lowest BCUT2D eigenvalue weighted by Crippen LogP contribution is -2.29. The highest BCUT2D eigenvalue weighted by Gasteiger charge is 2.15. The summed E-state index contributed by atoms with van der Waals surface area (Å²) in [4.78, 5) is 31.7. The number of aliphatic carboxylic acids is 1. The molecule has 3 rings (SSSR count). The van der Waals surface area contributed by atoms with Gasteiger partial charge in [0.1, 0.15) is 5.69 Å². The van der Waals surface area contributed by atoms with Gasteiger partial charge in [-0.1, -0.05) is 12.1 Å². The summed E-state index contributed by atoms with van der Waals surface area (Å²) in [5.41, 5.74) is 9.91. The van der Waals surface area contributed by atoms with Gasteiger partial charge in [-0.05, 0) is 45.2 Å². The number of aryl methyl sites for hydroxylation is 2. The summed E-state index contributed by atoms with van der Waals surface area (Å²) in [6, 6.07) is 8.32. The number of primary amides is 1. The van der Waals surface area contributed by atoms with Gasteiger partial charge in [0.05, 0.1) is 17.1 Å². The number of nitrogens with two attached hydrogens (primary N) is 1. The van der Waals surface area contributed by atoms with E-state index < -0.39 is 11.9 Å². The fraction of sp³-hybridized carbons (Fsp3) is 0.400. The zero-order chi connectivity index (χ0) is 20.0. The number of hydrogen-bond acceptors (Lipinski definition) is 5. The van der Waals surface area contributed by atoms with Crippen LogP contribution in [0.1, 0.15) is 48.1 Å². The first-order valence-corrected chi connectivity index (χ1v) is 8.99. The minimum absolute atomic E-state index is 0.241. The molecule has 0 radical (unpaired) electrons. The normalized spacial score (nSPS) is 13.5. The quantitative estimate of drug-likeness (QED) is 0.860. The van der Waals surface area contributed by atoms with Gasteiger partial charge in [0, 0.05) is 31.3 Å². The first-order valence-electron chi connectivity index (χ1n) is 8.99. The molecule has 0 bridgehead atoms. The Hall–Kier alpha value is -2.96. The molecule has 0 unspecified atom stereocenters. The summed E-state index contributed by atoms with van der Waals surface area (Å²) in [7, 11) is 0. The summed E-state index contributed by atoms with van der Waals surface area (Å²) in [6.07, 6.45) is 3.83. The Labute approximate surface area is 159 Å². The van der Waals surface area contributed by atoms with E-state index in [0.717, 1.165) is 37.0 Å². The Bertz CT molecular complexity index is 809. The van der Waals surface area contributed by atoms with Crippen LogP contribution in [0.25, 0.3) is 11.3 Å². The first kappa shape index (κ1) is 20.4. The van der Waals surface area contributed by atoms with Crippen LogP contribution in [0.2, 0.25) is 0 Å². The van der Waals surface area contributed by atoms with E-state index in [2.05, 4.69) is 27.0 Å². The second kappa shape index (κ2) is 9.12. The molecule has 1 aliphatic heterocycles. The maximum absolute atomic E-state index is 11.5. The Morgan fingerprint density at radius 2 is 1.56 bits per heavy atom. The third-order valence-corrected chi connectivity index (χ3v) is 4.34. The van der Waals surface area contributed by atoms with Gasteiger partial charge in [-0.2, -0.15) is 0 Å². The summed E-state index contributed by atoms with van der Waals surface area (Å²) >= 11 is 0. The molecule has 1 aliphatic rings. The van der Waals surface area contributed by atoms with Gasteiger partial charge in [0.2, 0.25) is 0 Å². The summed E-state index contributed by atoms with van der Waals surface area (Å²) in [5.74, 6) is -1.37. The number of rotatable bonds is 3. The number of carboxylic acid groups (broad SMARTS) is 1. The van der Waals surface area contributed by atoms with Crippen LogP contribution in [0.3, 0.4) is 0 Å². The molecule has 2 aromatic rings. The third kappa shape index (κ3) is 5.51. The van der Waals surface area contributed by atoms with Crippen LogP contribution < -0.4 is 10.6 Å². The van der Waals surface area contributed by atoms with Crippen molar-refractivity contribution in [3.8, 4) is 11.3 Å². The van der Waals surface area contributed by atoms with Gasteiger partial charge in [-0.25, -0.2) is 4.98 Å². The molecule has 1 fully saturated rings. The van der Waals surface area contributed by atoms with Crippen LogP contribution in [-0.4, -0.2) is 40.0 Å². The molecule has 1 aromatic heterocycles. The van der Waals surface area contributed by atoms with Crippen LogP contribution >= 0.6 is 0 Å². The number of carbonyl (C=O) groups excluding carboxylic acids is 1. The molecule has 0 saturated carbocycles. The molecule has 7 nitrogen and oxygen atoms in total. The maximum Gasteiger partial charge on any atom is 0.300 e. The van der Waals surface area contributed by atoms with Crippen molar-refractivity contribution in [2.75, 3.05) is 18.0 Å². The summed E-state index contributed by atoms with van der Waals surface area (Å²) in [6.45, 7) is 6.98. The topological polar surface area (TPSA) is 109 Å². The van der Waals surface area contributed by atoms with Crippen LogP contribution in [0.4, 0.5) is 5.69 Å². The number of carbonyl (C=O) groups is 2. The molecular weight excluding hydrogens is 344 g/mol. The number of anilines is 1. The Balaban J connectivity index is 0.000000596. The highest BCUT2D eigenvalue weighted by atomic mass is 16.4. The van der Waals surface area contributed by atoms with Gasteiger partial charge >= 0.3 is 0 Å². The fourth-order valence-corrected chi connectivity index (χ4v) is 3.12. The number of benzene rings is 1. The summed E-state index contributed by atoms with van der Waals surface area (Å²) in [5, 5.41) is 7.42. The van der Waals surface area contributed by atoms with E-state index in [1.54, 1.807) is 6.92 Å². The fourth-order valence-electron chi connectivity index (χ4n) is 3.12. The van der Waals surface area contributed by atoms with Crippen molar-refractivity contribution in [3.63, 3.8) is 0 Å². The maximum atomic E-state index is 11.5. The van der Waals surface area contributed by atoms with Gasteiger partial charge in [0.15, 0.2) is 0 Å². The van der Waals surface area contributed by atoms with Crippen molar-refractivity contribution < 1.29 is 14.7 Å². The number of nitrogens with zero attached hydrogens (tertiary/aromatic N) is 3. The second-order valence-corrected chi connectivity index (χ2v) is 6.57.